The summed E-state index contributed by atoms with van der Waals surface area (Å²) >= 11 is 0. The van der Waals surface area contributed by atoms with Crippen molar-refractivity contribution in [2.75, 3.05) is 0 Å². The Balaban J connectivity index is 1.73. The Morgan fingerprint density at radius 2 is 2.00 bits per heavy atom. The topological polar surface area (TPSA) is 59.5 Å². The highest BCUT2D eigenvalue weighted by molar-refractivity contribution is 5.95. The average Bonchev–Trinajstić information content (AvgIpc) is 3.08. The molecule has 2 aromatic rings. The summed E-state index contributed by atoms with van der Waals surface area (Å²) < 4.78 is 5.49. The molecule has 2 aliphatic rings. The van der Waals surface area contributed by atoms with Gasteiger partial charge in [-0.2, -0.15) is 0 Å². The Bertz CT molecular complexity index is 871. The second-order valence-electron chi connectivity index (χ2n) is 7.97. The third-order valence-corrected chi connectivity index (χ3v) is 4.99. The van der Waals surface area contributed by atoms with Crippen molar-refractivity contribution in [1.82, 2.24) is 9.88 Å². The van der Waals surface area contributed by atoms with Gasteiger partial charge in [0.1, 0.15) is 5.60 Å². The van der Waals surface area contributed by atoms with Gasteiger partial charge in [0, 0.05) is 24.4 Å². The first-order valence-electron chi connectivity index (χ1n) is 8.92. The third-order valence-electron chi connectivity index (χ3n) is 4.99. The first kappa shape index (κ1) is 16.8. The SMILES string of the molecule is CC(C)(C)OC(=O)N1C(=O)CC2Cc3c(-c4cccnc4)cccc3C21. The van der Waals surface area contributed by atoms with Crippen molar-refractivity contribution < 1.29 is 14.3 Å². The zero-order valence-corrected chi connectivity index (χ0v) is 15.2. The first-order valence-corrected chi connectivity index (χ1v) is 8.92. The van der Waals surface area contributed by atoms with E-state index in [0.717, 1.165) is 23.1 Å². The van der Waals surface area contributed by atoms with Gasteiger partial charge in [-0.3, -0.25) is 9.78 Å². The molecule has 0 bridgehead atoms. The highest BCUT2D eigenvalue weighted by atomic mass is 16.6. The molecule has 1 saturated heterocycles. The monoisotopic (exact) mass is 350 g/mol. The van der Waals surface area contributed by atoms with Gasteiger partial charge in [0.05, 0.1) is 6.04 Å². The molecule has 4 rings (SSSR count). The Morgan fingerprint density at radius 1 is 1.19 bits per heavy atom. The van der Waals surface area contributed by atoms with Gasteiger partial charge in [-0.15, -0.1) is 0 Å². The van der Waals surface area contributed by atoms with E-state index in [1.165, 1.54) is 10.5 Å². The smallest absolute Gasteiger partial charge is 0.417 e. The summed E-state index contributed by atoms with van der Waals surface area (Å²) in [4.78, 5) is 30.7. The van der Waals surface area contributed by atoms with Gasteiger partial charge >= 0.3 is 6.09 Å². The summed E-state index contributed by atoms with van der Waals surface area (Å²) in [5.74, 6) is -0.0329. The molecule has 2 amide bonds. The van der Waals surface area contributed by atoms with Crippen LogP contribution in [-0.4, -0.2) is 27.5 Å². The molecule has 5 nitrogen and oxygen atoms in total. The highest BCUT2D eigenvalue weighted by Gasteiger charge is 2.50. The van der Waals surface area contributed by atoms with E-state index in [4.69, 9.17) is 4.74 Å². The van der Waals surface area contributed by atoms with Gasteiger partial charge in [0.25, 0.3) is 0 Å². The number of fused-ring (bicyclic) bond motifs is 3. The number of likely N-dealkylation sites (tertiary alicyclic amines) is 1. The van der Waals surface area contributed by atoms with Crippen molar-refractivity contribution >= 4 is 12.0 Å². The lowest BCUT2D eigenvalue weighted by atomic mass is 9.97. The van der Waals surface area contributed by atoms with E-state index in [0.29, 0.717) is 6.42 Å². The number of amides is 2. The molecule has 26 heavy (non-hydrogen) atoms. The minimum absolute atomic E-state index is 0.114. The molecule has 0 radical (unpaired) electrons. The molecule has 2 atom stereocenters. The van der Waals surface area contributed by atoms with Gasteiger partial charge in [-0.25, -0.2) is 9.69 Å². The fourth-order valence-corrected chi connectivity index (χ4v) is 4.07. The number of aromatic nitrogens is 1. The molecule has 1 aliphatic carbocycles. The Kier molecular flexibility index (Phi) is 3.83. The lowest BCUT2D eigenvalue weighted by Crippen LogP contribution is -2.39. The van der Waals surface area contributed by atoms with E-state index in [1.54, 1.807) is 6.20 Å². The van der Waals surface area contributed by atoms with E-state index in [-0.39, 0.29) is 17.9 Å². The molecular formula is C21H22N2O3. The van der Waals surface area contributed by atoms with E-state index in [1.807, 2.05) is 51.2 Å². The van der Waals surface area contributed by atoms with Crippen LogP contribution in [0.15, 0.2) is 42.7 Å². The minimum atomic E-state index is -0.631. The molecule has 0 N–H and O–H groups in total. The number of benzene rings is 1. The van der Waals surface area contributed by atoms with Crippen molar-refractivity contribution in [2.24, 2.45) is 5.92 Å². The maximum atomic E-state index is 12.7. The largest absolute Gasteiger partial charge is 0.443 e. The van der Waals surface area contributed by atoms with E-state index < -0.39 is 11.7 Å². The van der Waals surface area contributed by atoms with Gasteiger partial charge in [0.15, 0.2) is 0 Å². The standard InChI is InChI=1S/C21H22N2O3/c1-21(2,3)26-20(25)23-18(24)11-14-10-17-15(13-6-5-9-22-12-13)7-4-8-16(17)19(14)23/h4-9,12,14,19H,10-11H2,1-3H3. The van der Waals surface area contributed by atoms with Crippen LogP contribution in [0, 0.1) is 5.92 Å². The predicted molar refractivity (Wildman–Crippen MR) is 97.3 cm³/mol. The van der Waals surface area contributed by atoms with Gasteiger partial charge in [0.2, 0.25) is 5.91 Å². The van der Waals surface area contributed by atoms with Crippen molar-refractivity contribution in [3.8, 4) is 11.1 Å². The minimum Gasteiger partial charge on any atom is -0.443 e. The summed E-state index contributed by atoms with van der Waals surface area (Å²) in [6, 6.07) is 9.81. The van der Waals surface area contributed by atoms with Crippen LogP contribution in [-0.2, 0) is 16.0 Å². The zero-order valence-electron chi connectivity index (χ0n) is 15.2. The molecule has 0 spiro atoms. The normalized spacial score (nSPS) is 21.5. The molecule has 5 heteroatoms. The first-order chi connectivity index (χ1) is 12.3. The molecule has 0 saturated carbocycles. The number of hydrogen-bond acceptors (Lipinski definition) is 4. The number of pyridine rings is 1. The van der Waals surface area contributed by atoms with Crippen molar-refractivity contribution in [2.45, 2.75) is 45.3 Å². The molecule has 1 aromatic heterocycles. The highest BCUT2D eigenvalue weighted by Crippen LogP contribution is 2.49. The number of carbonyl (C=O) groups is 2. The number of nitrogens with zero attached hydrogens (tertiary/aromatic N) is 2. The number of carbonyl (C=O) groups excluding carboxylic acids is 2. The van der Waals surface area contributed by atoms with Crippen LogP contribution in [0.5, 0.6) is 0 Å². The molecular weight excluding hydrogens is 328 g/mol. The van der Waals surface area contributed by atoms with Crippen LogP contribution in [0.1, 0.15) is 44.4 Å². The fraction of sp³-hybridized carbons (Fsp3) is 0.381. The van der Waals surface area contributed by atoms with Crippen LogP contribution in [0.25, 0.3) is 11.1 Å². The molecule has 1 aliphatic heterocycles. The number of rotatable bonds is 1. The van der Waals surface area contributed by atoms with Crippen LogP contribution in [0.3, 0.4) is 0 Å². The Morgan fingerprint density at radius 3 is 2.69 bits per heavy atom. The predicted octanol–water partition coefficient (Wildman–Crippen LogP) is 4.13. The van der Waals surface area contributed by atoms with E-state index in [9.17, 15) is 9.59 Å². The number of hydrogen-bond donors (Lipinski definition) is 0. The quantitative estimate of drug-likeness (QED) is 0.776. The molecule has 2 unspecified atom stereocenters. The molecule has 2 heterocycles. The summed E-state index contributed by atoms with van der Waals surface area (Å²) in [6.07, 6.45) is 4.22. The fourth-order valence-electron chi connectivity index (χ4n) is 4.07. The number of ether oxygens (including phenoxy) is 1. The molecule has 1 fully saturated rings. The van der Waals surface area contributed by atoms with E-state index in [2.05, 4.69) is 11.1 Å². The maximum absolute atomic E-state index is 12.7. The van der Waals surface area contributed by atoms with Crippen molar-refractivity contribution in [1.29, 1.82) is 0 Å². The lowest BCUT2D eigenvalue weighted by molar-refractivity contribution is -0.128. The molecule has 1 aromatic carbocycles. The van der Waals surface area contributed by atoms with Gasteiger partial charge in [-0.05, 0) is 55.9 Å². The summed E-state index contributed by atoms with van der Waals surface area (Å²) in [5, 5.41) is 0. The van der Waals surface area contributed by atoms with Crippen LogP contribution < -0.4 is 0 Å². The second-order valence-corrected chi connectivity index (χ2v) is 7.97. The lowest BCUT2D eigenvalue weighted by Gasteiger charge is -2.27. The van der Waals surface area contributed by atoms with Crippen molar-refractivity contribution in [3.05, 3.63) is 53.9 Å². The third kappa shape index (κ3) is 2.77. The summed E-state index contributed by atoms with van der Waals surface area (Å²) in [5.41, 5.74) is 3.81. The molecule has 134 valence electrons. The Hall–Kier alpha value is -2.69. The van der Waals surface area contributed by atoms with Crippen LogP contribution in [0.2, 0.25) is 0 Å². The van der Waals surface area contributed by atoms with Crippen molar-refractivity contribution in [3.63, 3.8) is 0 Å². The zero-order chi connectivity index (χ0) is 18.5. The summed E-state index contributed by atoms with van der Waals surface area (Å²) in [6.45, 7) is 5.43. The Labute approximate surface area is 153 Å². The maximum Gasteiger partial charge on any atom is 0.417 e. The number of imide groups is 1. The van der Waals surface area contributed by atoms with Crippen LogP contribution >= 0.6 is 0 Å². The van der Waals surface area contributed by atoms with Gasteiger partial charge < -0.3 is 4.74 Å². The second kappa shape index (κ2) is 5.94. The van der Waals surface area contributed by atoms with Crippen LogP contribution in [0.4, 0.5) is 4.79 Å². The summed E-state index contributed by atoms with van der Waals surface area (Å²) in [7, 11) is 0. The average molecular weight is 350 g/mol. The van der Waals surface area contributed by atoms with Gasteiger partial charge in [-0.1, -0.05) is 24.3 Å². The van der Waals surface area contributed by atoms with E-state index >= 15 is 0 Å².